The van der Waals surface area contributed by atoms with Crippen LogP contribution in [0.5, 0.6) is 5.75 Å². The number of hydrogen-bond acceptors (Lipinski definition) is 5. The quantitative estimate of drug-likeness (QED) is 0.244. The number of halogens is 1. The maximum absolute atomic E-state index is 14.3. The number of hydrogen-bond donors (Lipinski definition) is 1. The van der Waals surface area contributed by atoms with Crippen molar-refractivity contribution in [3.8, 4) is 5.75 Å². The second-order valence-electron chi connectivity index (χ2n) is 10.6. The SMILES string of the molecule is CCOc1ccc(N(CC(=O)N(Cc2ccccc2Cl)[C@H](CC)C(=O)NC2CCCCC2)S(=O)(=O)c2ccccc2)cc1. The average molecular weight is 626 g/mol. The van der Waals surface area contributed by atoms with Gasteiger partial charge in [-0.25, -0.2) is 8.42 Å². The molecule has 0 radical (unpaired) electrons. The van der Waals surface area contributed by atoms with Gasteiger partial charge in [-0.2, -0.15) is 0 Å². The lowest BCUT2D eigenvalue weighted by Crippen LogP contribution is -2.54. The summed E-state index contributed by atoms with van der Waals surface area (Å²) in [6.07, 6.45) is 5.42. The maximum atomic E-state index is 14.3. The smallest absolute Gasteiger partial charge is 0.264 e. The molecular formula is C33H40ClN3O5S. The fraction of sp³-hybridized carbons (Fsp3) is 0.394. The summed E-state index contributed by atoms with van der Waals surface area (Å²) in [5, 5.41) is 3.61. The highest BCUT2D eigenvalue weighted by molar-refractivity contribution is 7.92. The number of sulfonamides is 1. The molecule has 8 nitrogen and oxygen atoms in total. The molecule has 10 heteroatoms. The van der Waals surface area contributed by atoms with Crippen molar-refractivity contribution in [2.45, 2.75) is 75.9 Å². The highest BCUT2D eigenvalue weighted by Gasteiger charge is 2.34. The largest absolute Gasteiger partial charge is 0.494 e. The van der Waals surface area contributed by atoms with Gasteiger partial charge in [-0.05, 0) is 74.2 Å². The Hall–Kier alpha value is -3.56. The Bertz CT molecular complexity index is 1460. The minimum absolute atomic E-state index is 0.0522. The van der Waals surface area contributed by atoms with Gasteiger partial charge < -0.3 is 15.0 Å². The van der Waals surface area contributed by atoms with E-state index in [1.165, 1.54) is 17.0 Å². The maximum Gasteiger partial charge on any atom is 0.264 e. The molecule has 3 aromatic rings. The van der Waals surface area contributed by atoms with Gasteiger partial charge in [-0.15, -0.1) is 0 Å². The monoisotopic (exact) mass is 625 g/mol. The van der Waals surface area contributed by atoms with Crippen molar-refractivity contribution >= 4 is 39.1 Å². The molecule has 0 aromatic heterocycles. The van der Waals surface area contributed by atoms with Crippen LogP contribution >= 0.6 is 11.6 Å². The van der Waals surface area contributed by atoms with E-state index in [1.54, 1.807) is 60.7 Å². The summed E-state index contributed by atoms with van der Waals surface area (Å²) >= 11 is 6.49. The first kappa shape index (κ1) is 32.4. The van der Waals surface area contributed by atoms with Crippen molar-refractivity contribution in [2.75, 3.05) is 17.5 Å². The van der Waals surface area contributed by atoms with Crippen molar-refractivity contribution in [3.63, 3.8) is 0 Å². The number of carbonyl (C=O) groups is 2. The molecule has 4 rings (SSSR count). The van der Waals surface area contributed by atoms with Gasteiger partial charge in [0.15, 0.2) is 0 Å². The average Bonchev–Trinajstić information content (AvgIpc) is 3.02. The first-order valence-corrected chi connectivity index (χ1v) is 16.7. The molecular weight excluding hydrogens is 586 g/mol. The number of benzene rings is 3. The molecule has 0 saturated heterocycles. The molecule has 0 heterocycles. The molecule has 1 atom stereocenters. The van der Waals surface area contributed by atoms with Crippen LogP contribution in [0.1, 0.15) is 57.9 Å². The van der Waals surface area contributed by atoms with Crippen LogP contribution in [0.3, 0.4) is 0 Å². The minimum atomic E-state index is -4.15. The lowest BCUT2D eigenvalue weighted by molar-refractivity contribution is -0.140. The van der Waals surface area contributed by atoms with Crippen molar-refractivity contribution < 1.29 is 22.7 Å². The molecule has 0 spiro atoms. The molecule has 1 saturated carbocycles. The predicted molar refractivity (Wildman–Crippen MR) is 170 cm³/mol. The van der Waals surface area contributed by atoms with Crippen LogP contribution in [0, 0.1) is 0 Å². The number of amides is 2. The molecule has 1 N–H and O–H groups in total. The summed E-state index contributed by atoms with van der Waals surface area (Å²) in [5.74, 6) is -0.173. The zero-order valence-corrected chi connectivity index (χ0v) is 26.3. The molecule has 1 aliphatic carbocycles. The van der Waals surface area contributed by atoms with E-state index in [4.69, 9.17) is 16.3 Å². The minimum Gasteiger partial charge on any atom is -0.494 e. The number of rotatable bonds is 13. The topological polar surface area (TPSA) is 96.0 Å². The van der Waals surface area contributed by atoms with Gasteiger partial charge in [-0.3, -0.25) is 13.9 Å². The van der Waals surface area contributed by atoms with E-state index in [0.29, 0.717) is 35.1 Å². The van der Waals surface area contributed by atoms with Crippen LogP contribution in [0.2, 0.25) is 5.02 Å². The second-order valence-corrected chi connectivity index (χ2v) is 12.9. The zero-order valence-electron chi connectivity index (χ0n) is 24.7. The number of ether oxygens (including phenoxy) is 1. The third-order valence-corrected chi connectivity index (χ3v) is 9.84. The first-order chi connectivity index (χ1) is 20.7. The Morgan fingerprint density at radius 1 is 0.930 bits per heavy atom. The van der Waals surface area contributed by atoms with Gasteiger partial charge in [0.25, 0.3) is 10.0 Å². The van der Waals surface area contributed by atoms with Crippen molar-refractivity contribution in [1.82, 2.24) is 10.2 Å². The Morgan fingerprint density at radius 3 is 2.21 bits per heavy atom. The van der Waals surface area contributed by atoms with Crippen molar-refractivity contribution in [2.24, 2.45) is 0 Å². The van der Waals surface area contributed by atoms with Crippen molar-refractivity contribution in [3.05, 3.63) is 89.4 Å². The number of nitrogens with one attached hydrogen (secondary N) is 1. The molecule has 2 amide bonds. The number of carbonyl (C=O) groups excluding carboxylic acids is 2. The van der Waals surface area contributed by atoms with E-state index in [9.17, 15) is 18.0 Å². The van der Waals surface area contributed by atoms with Gasteiger partial charge in [0, 0.05) is 17.6 Å². The summed E-state index contributed by atoms with van der Waals surface area (Å²) in [7, 11) is -4.15. The molecule has 0 unspecified atom stereocenters. The molecule has 230 valence electrons. The summed E-state index contributed by atoms with van der Waals surface area (Å²) in [6.45, 7) is 3.71. The number of anilines is 1. The van der Waals surface area contributed by atoms with E-state index in [1.807, 2.05) is 19.9 Å². The summed E-state index contributed by atoms with van der Waals surface area (Å²) in [6, 6.07) is 21.0. The lowest BCUT2D eigenvalue weighted by atomic mass is 9.95. The van der Waals surface area contributed by atoms with Crippen LogP contribution in [0.4, 0.5) is 5.69 Å². The fourth-order valence-electron chi connectivity index (χ4n) is 5.40. The third-order valence-electron chi connectivity index (χ3n) is 7.68. The molecule has 3 aromatic carbocycles. The van der Waals surface area contributed by atoms with Gasteiger partial charge in [0.05, 0.1) is 17.2 Å². The van der Waals surface area contributed by atoms with Crippen molar-refractivity contribution in [1.29, 1.82) is 0 Å². The first-order valence-electron chi connectivity index (χ1n) is 14.9. The van der Waals surface area contributed by atoms with Gasteiger partial charge in [0.1, 0.15) is 18.3 Å². The summed E-state index contributed by atoms with van der Waals surface area (Å²) in [4.78, 5) is 29.4. The molecule has 0 bridgehead atoms. The Labute approximate surface area is 260 Å². The van der Waals surface area contributed by atoms with Gasteiger partial charge in [0.2, 0.25) is 11.8 Å². The summed E-state index contributed by atoms with van der Waals surface area (Å²) < 4.78 is 34.6. The van der Waals surface area contributed by atoms with Crippen LogP contribution in [0.15, 0.2) is 83.8 Å². The predicted octanol–water partition coefficient (Wildman–Crippen LogP) is 6.19. The van der Waals surface area contributed by atoms with Crippen LogP contribution in [0.25, 0.3) is 0 Å². The molecule has 43 heavy (non-hydrogen) atoms. The van der Waals surface area contributed by atoms with Gasteiger partial charge >= 0.3 is 0 Å². The summed E-state index contributed by atoms with van der Waals surface area (Å²) in [5.41, 5.74) is 0.970. The third kappa shape index (κ3) is 8.30. The second kappa shape index (κ2) is 15.3. The van der Waals surface area contributed by atoms with Crippen LogP contribution in [-0.4, -0.2) is 50.4 Å². The van der Waals surface area contributed by atoms with E-state index in [2.05, 4.69) is 5.32 Å². The standard InChI is InChI=1S/C33H40ClN3O5S/c1-3-31(33(39)35-26-14-7-5-8-15-26)36(23-25-13-11-12-18-30(25)34)32(38)24-37(27-19-21-28(22-20-27)42-4-2)43(40,41)29-16-9-6-10-17-29/h6,9-13,16-22,26,31H,3-5,7-8,14-15,23-24H2,1-2H3,(H,35,39)/t31-/m1/s1. The molecule has 0 aliphatic heterocycles. The Morgan fingerprint density at radius 2 is 1.58 bits per heavy atom. The van der Waals surface area contributed by atoms with Crippen LogP contribution < -0.4 is 14.4 Å². The van der Waals surface area contributed by atoms with Gasteiger partial charge in [-0.1, -0.05) is 74.2 Å². The van der Waals surface area contributed by atoms with E-state index >= 15 is 0 Å². The zero-order chi connectivity index (χ0) is 30.8. The normalized spacial score (nSPS) is 14.5. The Balaban J connectivity index is 1.70. The highest BCUT2D eigenvalue weighted by Crippen LogP contribution is 2.28. The molecule has 1 aliphatic rings. The Kier molecular flexibility index (Phi) is 11.5. The van der Waals surface area contributed by atoms with Crippen LogP contribution in [-0.2, 0) is 26.2 Å². The highest BCUT2D eigenvalue weighted by atomic mass is 35.5. The molecule has 1 fully saturated rings. The van der Waals surface area contributed by atoms with E-state index in [0.717, 1.165) is 36.4 Å². The van der Waals surface area contributed by atoms with E-state index in [-0.39, 0.29) is 23.4 Å². The fourth-order valence-corrected chi connectivity index (χ4v) is 7.03. The van der Waals surface area contributed by atoms with E-state index < -0.39 is 28.5 Å². The lowest BCUT2D eigenvalue weighted by Gasteiger charge is -2.34. The number of nitrogens with zero attached hydrogens (tertiary/aromatic N) is 2.